The molecule has 0 fully saturated rings. The number of hydrogen-bond donors (Lipinski definition) is 0. The summed E-state index contributed by atoms with van der Waals surface area (Å²) in [4.78, 5) is 12.6. The highest BCUT2D eigenvalue weighted by molar-refractivity contribution is 9.10. The van der Waals surface area contributed by atoms with Crippen LogP contribution >= 0.6 is 27.3 Å². The standard InChI is InChI=1S/C8H6BrN3OS/c1-12-6(8(9)10-11-12)7(13)5-3-2-4-14-5/h2-4H,1H3. The molecule has 0 aliphatic heterocycles. The van der Waals surface area contributed by atoms with E-state index in [1.54, 1.807) is 13.1 Å². The van der Waals surface area contributed by atoms with E-state index in [1.807, 2.05) is 11.4 Å². The molecule has 4 nitrogen and oxygen atoms in total. The zero-order valence-electron chi connectivity index (χ0n) is 7.27. The first-order chi connectivity index (χ1) is 6.70. The largest absolute Gasteiger partial charge is 0.286 e. The van der Waals surface area contributed by atoms with Gasteiger partial charge < -0.3 is 0 Å². The zero-order valence-corrected chi connectivity index (χ0v) is 9.67. The molecule has 2 aromatic rings. The number of ketones is 1. The molecule has 14 heavy (non-hydrogen) atoms. The van der Waals surface area contributed by atoms with Crippen molar-refractivity contribution in [3.63, 3.8) is 0 Å². The van der Waals surface area contributed by atoms with E-state index >= 15 is 0 Å². The smallest absolute Gasteiger partial charge is 0.223 e. The van der Waals surface area contributed by atoms with Crippen LogP contribution in [-0.4, -0.2) is 20.8 Å². The number of rotatable bonds is 2. The van der Waals surface area contributed by atoms with E-state index in [0.29, 0.717) is 15.2 Å². The number of halogens is 1. The summed E-state index contributed by atoms with van der Waals surface area (Å²) in [5, 5.41) is 9.38. The van der Waals surface area contributed by atoms with Crippen LogP contribution in [0.2, 0.25) is 0 Å². The lowest BCUT2D eigenvalue weighted by Crippen LogP contribution is -2.07. The minimum absolute atomic E-state index is 0.0561. The van der Waals surface area contributed by atoms with Crippen LogP contribution in [0.25, 0.3) is 0 Å². The second-order valence-electron chi connectivity index (χ2n) is 2.66. The summed E-state index contributed by atoms with van der Waals surface area (Å²) in [5.41, 5.74) is 0.479. The molecule has 0 saturated carbocycles. The maximum Gasteiger partial charge on any atom is 0.223 e. The van der Waals surface area contributed by atoms with Crippen LogP contribution in [-0.2, 0) is 7.05 Å². The molecule has 0 aliphatic carbocycles. The summed E-state index contributed by atoms with van der Waals surface area (Å²) < 4.78 is 1.95. The maximum absolute atomic E-state index is 11.9. The van der Waals surface area contributed by atoms with Gasteiger partial charge in [0.15, 0.2) is 4.60 Å². The van der Waals surface area contributed by atoms with Crippen molar-refractivity contribution in [1.82, 2.24) is 15.0 Å². The van der Waals surface area contributed by atoms with E-state index < -0.39 is 0 Å². The summed E-state index contributed by atoms with van der Waals surface area (Å²) in [6.07, 6.45) is 0. The molecule has 6 heteroatoms. The van der Waals surface area contributed by atoms with E-state index in [0.717, 1.165) is 0 Å². The monoisotopic (exact) mass is 271 g/mol. The predicted octanol–water partition coefficient (Wildman–Crippen LogP) is 1.87. The fraction of sp³-hybridized carbons (Fsp3) is 0.125. The van der Waals surface area contributed by atoms with Crippen LogP contribution in [0.5, 0.6) is 0 Å². The Hall–Kier alpha value is -1.01. The van der Waals surface area contributed by atoms with Crippen LogP contribution in [0.3, 0.4) is 0 Å². The van der Waals surface area contributed by atoms with Crippen LogP contribution < -0.4 is 0 Å². The average molecular weight is 272 g/mol. The Morgan fingerprint density at radius 3 is 2.93 bits per heavy atom. The van der Waals surface area contributed by atoms with Crippen molar-refractivity contribution in [3.8, 4) is 0 Å². The molecular weight excluding hydrogens is 266 g/mol. The van der Waals surface area contributed by atoms with Crippen molar-refractivity contribution in [3.05, 3.63) is 32.7 Å². The van der Waals surface area contributed by atoms with Gasteiger partial charge in [0.2, 0.25) is 5.78 Å². The van der Waals surface area contributed by atoms with Gasteiger partial charge in [0, 0.05) is 7.05 Å². The van der Waals surface area contributed by atoms with Crippen molar-refractivity contribution in [1.29, 1.82) is 0 Å². The Morgan fingerprint density at radius 2 is 2.43 bits per heavy atom. The Morgan fingerprint density at radius 1 is 1.64 bits per heavy atom. The Kier molecular flexibility index (Phi) is 2.47. The van der Waals surface area contributed by atoms with Crippen molar-refractivity contribution in [2.45, 2.75) is 0 Å². The van der Waals surface area contributed by atoms with E-state index in [-0.39, 0.29) is 5.78 Å². The number of carbonyl (C=O) groups excluding carboxylic acids is 1. The molecule has 0 radical (unpaired) electrons. The third kappa shape index (κ3) is 1.51. The first kappa shape index (κ1) is 9.54. The summed E-state index contributed by atoms with van der Waals surface area (Å²) in [6, 6.07) is 3.63. The van der Waals surface area contributed by atoms with Crippen molar-refractivity contribution in [2.24, 2.45) is 7.05 Å². The SMILES string of the molecule is Cn1nnc(Br)c1C(=O)c1cccs1. The number of aromatic nitrogens is 3. The van der Waals surface area contributed by atoms with Crippen molar-refractivity contribution < 1.29 is 4.79 Å². The summed E-state index contributed by atoms with van der Waals surface area (Å²) in [7, 11) is 1.69. The molecule has 0 aromatic carbocycles. The van der Waals surface area contributed by atoms with Gasteiger partial charge in [-0.3, -0.25) is 4.79 Å². The Bertz CT molecular complexity index is 443. The van der Waals surface area contributed by atoms with E-state index in [2.05, 4.69) is 26.2 Å². The van der Waals surface area contributed by atoms with Gasteiger partial charge >= 0.3 is 0 Å². The molecule has 2 aromatic heterocycles. The summed E-state index contributed by atoms with van der Waals surface area (Å²) in [5.74, 6) is -0.0561. The molecule has 0 saturated heterocycles. The first-order valence-corrected chi connectivity index (χ1v) is 5.51. The van der Waals surface area contributed by atoms with Gasteiger partial charge in [0.1, 0.15) is 5.69 Å². The molecule has 0 spiro atoms. The molecule has 2 heterocycles. The lowest BCUT2D eigenvalue weighted by Gasteiger charge is -1.97. The Balaban J connectivity index is 2.46. The molecule has 0 atom stereocenters. The summed E-state index contributed by atoms with van der Waals surface area (Å²) in [6.45, 7) is 0. The van der Waals surface area contributed by atoms with Gasteiger partial charge in [0.05, 0.1) is 4.88 Å². The zero-order chi connectivity index (χ0) is 10.1. The van der Waals surface area contributed by atoms with Gasteiger partial charge in [-0.05, 0) is 27.4 Å². The third-order valence-corrected chi connectivity index (χ3v) is 3.15. The number of hydrogen-bond acceptors (Lipinski definition) is 4. The van der Waals surface area contributed by atoms with Gasteiger partial charge in [-0.15, -0.1) is 16.4 Å². The van der Waals surface area contributed by atoms with Crippen LogP contribution in [0.15, 0.2) is 22.1 Å². The molecule has 0 bridgehead atoms. The average Bonchev–Trinajstić information content (AvgIpc) is 2.75. The molecular formula is C8H6BrN3OS. The highest BCUT2D eigenvalue weighted by atomic mass is 79.9. The Labute approximate surface area is 92.7 Å². The minimum Gasteiger partial charge on any atom is -0.286 e. The molecule has 2 rings (SSSR count). The second kappa shape index (κ2) is 3.62. The third-order valence-electron chi connectivity index (χ3n) is 1.75. The quantitative estimate of drug-likeness (QED) is 0.784. The highest BCUT2D eigenvalue weighted by Crippen LogP contribution is 2.19. The number of thiophene rings is 1. The number of carbonyl (C=O) groups is 1. The maximum atomic E-state index is 11.9. The van der Waals surface area contributed by atoms with Crippen LogP contribution in [0.4, 0.5) is 0 Å². The molecule has 0 aliphatic rings. The van der Waals surface area contributed by atoms with Gasteiger partial charge in [0.25, 0.3) is 0 Å². The van der Waals surface area contributed by atoms with Crippen LogP contribution in [0, 0.1) is 0 Å². The van der Waals surface area contributed by atoms with Crippen molar-refractivity contribution >= 4 is 33.0 Å². The fourth-order valence-corrected chi connectivity index (χ4v) is 2.27. The predicted molar refractivity (Wildman–Crippen MR) is 56.5 cm³/mol. The van der Waals surface area contributed by atoms with E-state index in [4.69, 9.17) is 0 Å². The minimum atomic E-state index is -0.0561. The highest BCUT2D eigenvalue weighted by Gasteiger charge is 2.18. The normalized spacial score (nSPS) is 10.4. The molecule has 72 valence electrons. The lowest BCUT2D eigenvalue weighted by molar-refractivity contribution is 0.103. The van der Waals surface area contributed by atoms with Gasteiger partial charge in [-0.1, -0.05) is 11.3 Å². The lowest BCUT2D eigenvalue weighted by atomic mass is 10.2. The molecule has 0 unspecified atom stereocenters. The van der Waals surface area contributed by atoms with Crippen LogP contribution in [0.1, 0.15) is 15.4 Å². The topological polar surface area (TPSA) is 47.8 Å². The van der Waals surface area contributed by atoms with E-state index in [9.17, 15) is 4.79 Å². The number of aryl methyl sites for hydroxylation is 1. The number of nitrogens with zero attached hydrogens (tertiary/aromatic N) is 3. The second-order valence-corrected chi connectivity index (χ2v) is 4.36. The fourth-order valence-electron chi connectivity index (χ4n) is 1.10. The van der Waals surface area contributed by atoms with Crippen molar-refractivity contribution in [2.75, 3.05) is 0 Å². The molecule has 0 amide bonds. The van der Waals surface area contributed by atoms with Gasteiger partial charge in [-0.25, -0.2) is 4.68 Å². The van der Waals surface area contributed by atoms with E-state index in [1.165, 1.54) is 16.0 Å². The van der Waals surface area contributed by atoms with Gasteiger partial charge in [-0.2, -0.15) is 0 Å². The molecule has 0 N–H and O–H groups in total. The summed E-state index contributed by atoms with van der Waals surface area (Å²) >= 11 is 4.60. The first-order valence-electron chi connectivity index (χ1n) is 3.83.